The SMILES string of the molecule is C#CCC(CO)Nc1ncncc1C(=O)O. The zero-order valence-corrected chi connectivity index (χ0v) is 8.42. The maximum absolute atomic E-state index is 10.8. The van der Waals surface area contributed by atoms with Crippen molar-refractivity contribution < 1.29 is 15.0 Å². The van der Waals surface area contributed by atoms with Crippen molar-refractivity contribution in [2.75, 3.05) is 11.9 Å². The highest BCUT2D eigenvalue weighted by molar-refractivity contribution is 5.92. The zero-order chi connectivity index (χ0) is 12.0. The number of carboxylic acids is 1. The van der Waals surface area contributed by atoms with E-state index in [1.54, 1.807) is 0 Å². The lowest BCUT2D eigenvalue weighted by Crippen LogP contribution is -2.25. The van der Waals surface area contributed by atoms with Gasteiger partial charge in [0.25, 0.3) is 0 Å². The molecule has 0 saturated carbocycles. The minimum Gasteiger partial charge on any atom is -0.477 e. The molecule has 0 fully saturated rings. The maximum Gasteiger partial charge on any atom is 0.341 e. The highest BCUT2D eigenvalue weighted by atomic mass is 16.4. The molecule has 1 rings (SSSR count). The number of anilines is 1. The van der Waals surface area contributed by atoms with Gasteiger partial charge in [0.15, 0.2) is 0 Å². The molecule has 84 valence electrons. The first-order valence-corrected chi connectivity index (χ1v) is 4.53. The second-order valence-electron chi connectivity index (χ2n) is 3.02. The van der Waals surface area contributed by atoms with Crippen LogP contribution in [0, 0.1) is 12.3 Å². The molecule has 0 spiro atoms. The van der Waals surface area contributed by atoms with Crippen molar-refractivity contribution in [2.24, 2.45) is 0 Å². The molecule has 1 aromatic heterocycles. The van der Waals surface area contributed by atoms with E-state index in [2.05, 4.69) is 21.2 Å². The van der Waals surface area contributed by atoms with Crippen LogP contribution in [-0.2, 0) is 0 Å². The van der Waals surface area contributed by atoms with Gasteiger partial charge in [0.05, 0.1) is 12.6 Å². The summed E-state index contributed by atoms with van der Waals surface area (Å²) in [6.45, 7) is -0.201. The van der Waals surface area contributed by atoms with Crippen LogP contribution in [0.1, 0.15) is 16.8 Å². The average Bonchev–Trinajstić information content (AvgIpc) is 2.29. The second kappa shape index (κ2) is 5.68. The number of aliphatic hydroxyl groups is 1. The normalized spacial score (nSPS) is 11.5. The highest BCUT2D eigenvalue weighted by Gasteiger charge is 2.14. The molecule has 0 aliphatic rings. The van der Waals surface area contributed by atoms with E-state index in [0.717, 1.165) is 0 Å². The lowest BCUT2D eigenvalue weighted by molar-refractivity contribution is 0.0697. The van der Waals surface area contributed by atoms with Gasteiger partial charge in [-0.2, -0.15) is 0 Å². The van der Waals surface area contributed by atoms with Crippen LogP contribution >= 0.6 is 0 Å². The fraction of sp³-hybridized carbons (Fsp3) is 0.300. The number of terminal acetylenes is 1. The van der Waals surface area contributed by atoms with Gasteiger partial charge in [0.1, 0.15) is 17.7 Å². The Hall–Kier alpha value is -2.13. The summed E-state index contributed by atoms with van der Waals surface area (Å²) in [5.41, 5.74) is -0.0574. The Morgan fingerprint density at radius 3 is 3.00 bits per heavy atom. The number of carboxylic acid groups (broad SMARTS) is 1. The van der Waals surface area contributed by atoms with Crippen molar-refractivity contribution in [1.29, 1.82) is 0 Å². The third-order valence-electron chi connectivity index (χ3n) is 1.87. The van der Waals surface area contributed by atoms with Crippen LogP contribution in [0.15, 0.2) is 12.5 Å². The van der Waals surface area contributed by atoms with E-state index in [-0.39, 0.29) is 24.4 Å². The largest absolute Gasteiger partial charge is 0.477 e. The first kappa shape index (κ1) is 11.9. The minimum absolute atomic E-state index is 0.0574. The second-order valence-corrected chi connectivity index (χ2v) is 3.02. The van der Waals surface area contributed by atoms with Crippen molar-refractivity contribution in [1.82, 2.24) is 9.97 Å². The molecule has 3 N–H and O–H groups in total. The lowest BCUT2D eigenvalue weighted by Gasteiger charge is -2.15. The van der Waals surface area contributed by atoms with Crippen LogP contribution in [0.4, 0.5) is 5.82 Å². The van der Waals surface area contributed by atoms with Crippen LogP contribution in [-0.4, -0.2) is 38.8 Å². The molecule has 0 aliphatic carbocycles. The number of aliphatic hydroxyl groups excluding tert-OH is 1. The van der Waals surface area contributed by atoms with Crippen LogP contribution in [0.2, 0.25) is 0 Å². The standard InChI is InChI=1S/C10H11N3O3/c1-2-3-7(5-14)13-9-8(10(15)16)4-11-6-12-9/h1,4,6-7,14H,3,5H2,(H,15,16)(H,11,12,13). The molecular formula is C10H11N3O3. The summed E-state index contributed by atoms with van der Waals surface area (Å²) in [5.74, 6) is 1.39. The molecule has 1 atom stereocenters. The molecule has 1 unspecified atom stereocenters. The first-order valence-electron chi connectivity index (χ1n) is 4.53. The molecule has 0 radical (unpaired) electrons. The predicted octanol–water partition coefficient (Wildman–Crippen LogP) is -0.0291. The van der Waals surface area contributed by atoms with Crippen LogP contribution in [0.3, 0.4) is 0 Å². The molecule has 6 nitrogen and oxygen atoms in total. The van der Waals surface area contributed by atoms with E-state index >= 15 is 0 Å². The topological polar surface area (TPSA) is 95.3 Å². The Labute approximate surface area is 92.4 Å². The summed E-state index contributed by atoms with van der Waals surface area (Å²) in [5, 5.41) is 20.6. The third kappa shape index (κ3) is 2.93. The molecule has 0 saturated heterocycles. The molecule has 0 aliphatic heterocycles. The van der Waals surface area contributed by atoms with Crippen LogP contribution in [0.25, 0.3) is 0 Å². The molecule has 0 bridgehead atoms. The fourth-order valence-corrected chi connectivity index (χ4v) is 1.10. The molecule has 0 amide bonds. The van der Waals surface area contributed by atoms with Gasteiger partial charge in [-0.05, 0) is 0 Å². The van der Waals surface area contributed by atoms with Gasteiger partial charge >= 0.3 is 5.97 Å². The number of rotatable bonds is 5. The molecule has 6 heteroatoms. The molecule has 1 aromatic rings. The number of carbonyl (C=O) groups is 1. The highest BCUT2D eigenvalue weighted by Crippen LogP contribution is 2.11. The number of hydrogen-bond acceptors (Lipinski definition) is 5. The first-order chi connectivity index (χ1) is 7.69. The van der Waals surface area contributed by atoms with Crippen molar-refractivity contribution in [3.8, 4) is 12.3 Å². The summed E-state index contributed by atoms with van der Waals surface area (Å²) in [6.07, 6.45) is 7.79. The minimum atomic E-state index is -1.14. The van der Waals surface area contributed by atoms with Crippen molar-refractivity contribution >= 4 is 11.8 Å². The van der Waals surface area contributed by atoms with E-state index < -0.39 is 12.0 Å². The summed E-state index contributed by atoms with van der Waals surface area (Å²) in [4.78, 5) is 18.2. The fourth-order valence-electron chi connectivity index (χ4n) is 1.10. The van der Waals surface area contributed by atoms with Crippen molar-refractivity contribution in [3.63, 3.8) is 0 Å². The number of nitrogens with one attached hydrogen (secondary N) is 1. The lowest BCUT2D eigenvalue weighted by atomic mass is 10.2. The van der Waals surface area contributed by atoms with Crippen LogP contribution < -0.4 is 5.32 Å². The zero-order valence-electron chi connectivity index (χ0n) is 8.42. The summed E-state index contributed by atoms with van der Waals surface area (Å²) >= 11 is 0. The van der Waals surface area contributed by atoms with Crippen LogP contribution in [0.5, 0.6) is 0 Å². The predicted molar refractivity (Wildman–Crippen MR) is 56.9 cm³/mol. The summed E-state index contributed by atoms with van der Waals surface area (Å²) in [6, 6.07) is -0.419. The van der Waals surface area contributed by atoms with Gasteiger partial charge in [-0.3, -0.25) is 0 Å². The van der Waals surface area contributed by atoms with Gasteiger partial charge in [-0.1, -0.05) is 0 Å². The average molecular weight is 221 g/mol. The summed E-state index contributed by atoms with van der Waals surface area (Å²) in [7, 11) is 0. The molecule has 1 heterocycles. The number of aromatic carboxylic acids is 1. The van der Waals surface area contributed by atoms with Gasteiger partial charge < -0.3 is 15.5 Å². The maximum atomic E-state index is 10.8. The van der Waals surface area contributed by atoms with E-state index in [0.29, 0.717) is 0 Å². The third-order valence-corrected chi connectivity index (χ3v) is 1.87. The number of aromatic nitrogens is 2. The van der Waals surface area contributed by atoms with E-state index in [4.69, 9.17) is 16.6 Å². The van der Waals surface area contributed by atoms with Gasteiger partial charge in [-0.15, -0.1) is 12.3 Å². The summed E-state index contributed by atoms with van der Waals surface area (Å²) < 4.78 is 0. The monoisotopic (exact) mass is 221 g/mol. The molecule has 0 aromatic carbocycles. The molecule has 16 heavy (non-hydrogen) atoms. The Morgan fingerprint density at radius 2 is 2.44 bits per heavy atom. The molecular weight excluding hydrogens is 210 g/mol. The Balaban J connectivity index is 2.87. The quantitative estimate of drug-likeness (QED) is 0.604. The Morgan fingerprint density at radius 1 is 1.69 bits per heavy atom. The number of hydrogen-bond donors (Lipinski definition) is 3. The van der Waals surface area contributed by atoms with Gasteiger partial charge in [0.2, 0.25) is 0 Å². The van der Waals surface area contributed by atoms with E-state index in [1.807, 2.05) is 0 Å². The number of nitrogens with zero attached hydrogens (tertiary/aromatic N) is 2. The van der Waals surface area contributed by atoms with Crippen molar-refractivity contribution in [2.45, 2.75) is 12.5 Å². The van der Waals surface area contributed by atoms with Gasteiger partial charge in [-0.25, -0.2) is 14.8 Å². The van der Waals surface area contributed by atoms with E-state index in [1.165, 1.54) is 12.5 Å². The Bertz CT molecular complexity index is 414. The van der Waals surface area contributed by atoms with E-state index in [9.17, 15) is 4.79 Å². The smallest absolute Gasteiger partial charge is 0.341 e. The Kier molecular flexibility index (Phi) is 4.24. The van der Waals surface area contributed by atoms with Crippen molar-refractivity contribution in [3.05, 3.63) is 18.1 Å². The van der Waals surface area contributed by atoms with Gasteiger partial charge in [0, 0.05) is 12.6 Å².